The number of carbonyl (C=O) groups excluding carboxylic acids is 1. The first kappa shape index (κ1) is 12.7. The molecule has 3 heterocycles. The summed E-state index contributed by atoms with van der Waals surface area (Å²) in [6, 6.07) is 3.60. The Kier molecular flexibility index (Phi) is 3.67. The Bertz CT molecular complexity index is 565. The lowest BCUT2D eigenvalue weighted by Gasteiger charge is -2.31. The Morgan fingerprint density at radius 2 is 1.90 bits per heavy atom. The SMILES string of the molecule is O=C(c1cccnc1)N1CCC(c2cnccn2)CC1. The number of hydrogen-bond donors (Lipinski definition) is 0. The number of amides is 1. The van der Waals surface area contributed by atoms with Gasteiger partial charge in [0.2, 0.25) is 0 Å². The molecule has 0 spiro atoms. The van der Waals surface area contributed by atoms with Crippen LogP contribution in [0, 0.1) is 0 Å². The molecule has 1 fully saturated rings. The number of hydrogen-bond acceptors (Lipinski definition) is 4. The van der Waals surface area contributed by atoms with Crippen LogP contribution in [0.2, 0.25) is 0 Å². The minimum Gasteiger partial charge on any atom is -0.339 e. The highest BCUT2D eigenvalue weighted by Crippen LogP contribution is 2.26. The first-order valence-electron chi connectivity index (χ1n) is 6.80. The predicted molar refractivity (Wildman–Crippen MR) is 74.1 cm³/mol. The summed E-state index contributed by atoms with van der Waals surface area (Å²) in [6.45, 7) is 1.52. The molecule has 20 heavy (non-hydrogen) atoms. The topological polar surface area (TPSA) is 59.0 Å². The van der Waals surface area contributed by atoms with Crippen LogP contribution in [-0.2, 0) is 0 Å². The van der Waals surface area contributed by atoms with Crippen LogP contribution in [-0.4, -0.2) is 38.8 Å². The number of pyridine rings is 1. The lowest BCUT2D eigenvalue weighted by Crippen LogP contribution is -2.38. The van der Waals surface area contributed by atoms with Crippen LogP contribution in [0.1, 0.15) is 34.8 Å². The Morgan fingerprint density at radius 3 is 2.55 bits per heavy atom. The average molecular weight is 268 g/mol. The van der Waals surface area contributed by atoms with Crippen LogP contribution in [0.25, 0.3) is 0 Å². The molecule has 1 amide bonds. The van der Waals surface area contributed by atoms with Gasteiger partial charge in [0, 0.05) is 50.0 Å². The van der Waals surface area contributed by atoms with Crippen molar-refractivity contribution in [2.24, 2.45) is 0 Å². The molecular weight excluding hydrogens is 252 g/mol. The highest BCUT2D eigenvalue weighted by Gasteiger charge is 2.25. The molecule has 1 aliphatic heterocycles. The van der Waals surface area contributed by atoms with E-state index in [9.17, 15) is 4.79 Å². The van der Waals surface area contributed by atoms with E-state index in [0.29, 0.717) is 11.5 Å². The molecule has 0 bridgehead atoms. The maximum atomic E-state index is 12.3. The van der Waals surface area contributed by atoms with Crippen molar-refractivity contribution in [2.75, 3.05) is 13.1 Å². The fourth-order valence-electron chi connectivity index (χ4n) is 2.57. The lowest BCUT2D eigenvalue weighted by atomic mass is 9.93. The van der Waals surface area contributed by atoms with E-state index in [1.807, 2.05) is 17.2 Å². The zero-order valence-electron chi connectivity index (χ0n) is 11.1. The van der Waals surface area contributed by atoms with E-state index in [0.717, 1.165) is 31.6 Å². The van der Waals surface area contributed by atoms with Crippen molar-refractivity contribution in [3.05, 3.63) is 54.4 Å². The highest BCUT2D eigenvalue weighted by atomic mass is 16.2. The lowest BCUT2D eigenvalue weighted by molar-refractivity contribution is 0.0711. The van der Waals surface area contributed by atoms with Crippen LogP contribution in [0.15, 0.2) is 43.1 Å². The van der Waals surface area contributed by atoms with Crippen LogP contribution in [0.3, 0.4) is 0 Å². The Balaban J connectivity index is 1.63. The molecule has 0 aromatic carbocycles. The van der Waals surface area contributed by atoms with Gasteiger partial charge in [-0.15, -0.1) is 0 Å². The van der Waals surface area contributed by atoms with Crippen molar-refractivity contribution >= 4 is 5.91 Å². The highest BCUT2D eigenvalue weighted by molar-refractivity contribution is 5.93. The molecule has 0 saturated carbocycles. The molecule has 2 aromatic rings. The second-order valence-corrected chi connectivity index (χ2v) is 4.94. The van der Waals surface area contributed by atoms with Gasteiger partial charge in [0.05, 0.1) is 11.3 Å². The first-order chi connectivity index (χ1) is 9.84. The van der Waals surface area contributed by atoms with Gasteiger partial charge in [-0.2, -0.15) is 0 Å². The maximum Gasteiger partial charge on any atom is 0.255 e. The summed E-state index contributed by atoms with van der Waals surface area (Å²) in [7, 11) is 0. The molecule has 0 aliphatic carbocycles. The summed E-state index contributed by atoms with van der Waals surface area (Å²) in [5.41, 5.74) is 1.69. The van der Waals surface area contributed by atoms with E-state index in [1.54, 1.807) is 30.9 Å². The molecule has 0 N–H and O–H groups in total. The third-order valence-corrected chi connectivity index (χ3v) is 3.69. The Morgan fingerprint density at radius 1 is 1.10 bits per heavy atom. The van der Waals surface area contributed by atoms with Crippen LogP contribution in [0.4, 0.5) is 0 Å². The summed E-state index contributed by atoms with van der Waals surface area (Å²) in [5, 5.41) is 0. The van der Waals surface area contributed by atoms with Gasteiger partial charge in [-0.05, 0) is 25.0 Å². The first-order valence-corrected chi connectivity index (χ1v) is 6.80. The second-order valence-electron chi connectivity index (χ2n) is 4.94. The molecule has 0 unspecified atom stereocenters. The van der Waals surface area contributed by atoms with E-state index in [2.05, 4.69) is 15.0 Å². The summed E-state index contributed by atoms with van der Waals surface area (Å²) >= 11 is 0. The van der Waals surface area contributed by atoms with Gasteiger partial charge in [0.25, 0.3) is 5.91 Å². The van der Waals surface area contributed by atoms with Crippen LogP contribution < -0.4 is 0 Å². The fourth-order valence-corrected chi connectivity index (χ4v) is 2.57. The summed E-state index contributed by atoms with van der Waals surface area (Å²) < 4.78 is 0. The standard InChI is InChI=1S/C15H16N4O/c20-15(13-2-1-5-16-10-13)19-8-3-12(4-9-19)14-11-17-6-7-18-14/h1-2,5-7,10-12H,3-4,8-9H2. The molecule has 1 aliphatic rings. The molecule has 1 saturated heterocycles. The smallest absolute Gasteiger partial charge is 0.255 e. The zero-order chi connectivity index (χ0) is 13.8. The van der Waals surface area contributed by atoms with E-state index in [4.69, 9.17) is 0 Å². The predicted octanol–water partition coefficient (Wildman–Crippen LogP) is 1.89. The van der Waals surface area contributed by atoms with Gasteiger partial charge in [-0.3, -0.25) is 19.7 Å². The maximum absolute atomic E-state index is 12.3. The number of aromatic nitrogens is 3. The number of rotatable bonds is 2. The Labute approximate surface area is 117 Å². The number of nitrogens with zero attached hydrogens (tertiary/aromatic N) is 4. The van der Waals surface area contributed by atoms with Gasteiger partial charge in [-0.1, -0.05) is 0 Å². The molecule has 0 atom stereocenters. The van der Waals surface area contributed by atoms with Gasteiger partial charge in [0.1, 0.15) is 0 Å². The second kappa shape index (κ2) is 5.77. The summed E-state index contributed by atoms with van der Waals surface area (Å²) in [5.74, 6) is 0.470. The van der Waals surface area contributed by atoms with Crippen LogP contribution in [0.5, 0.6) is 0 Å². The van der Waals surface area contributed by atoms with Gasteiger partial charge in [-0.25, -0.2) is 0 Å². The van der Waals surface area contributed by atoms with Crippen molar-refractivity contribution in [1.29, 1.82) is 0 Å². The van der Waals surface area contributed by atoms with Crippen LogP contribution >= 0.6 is 0 Å². The van der Waals surface area contributed by atoms with E-state index in [-0.39, 0.29) is 5.91 Å². The zero-order valence-corrected chi connectivity index (χ0v) is 11.1. The van der Waals surface area contributed by atoms with Gasteiger partial charge in [0.15, 0.2) is 0 Å². The average Bonchev–Trinajstić information content (AvgIpc) is 2.56. The molecule has 0 radical (unpaired) electrons. The number of likely N-dealkylation sites (tertiary alicyclic amines) is 1. The summed E-state index contributed by atoms with van der Waals surface area (Å²) in [4.78, 5) is 26.7. The monoisotopic (exact) mass is 268 g/mol. The van der Waals surface area contributed by atoms with Crippen molar-refractivity contribution < 1.29 is 4.79 Å². The van der Waals surface area contributed by atoms with Crippen molar-refractivity contribution in [3.8, 4) is 0 Å². The minimum atomic E-state index is 0.0655. The minimum absolute atomic E-state index is 0.0655. The third kappa shape index (κ3) is 2.66. The molecule has 5 heteroatoms. The third-order valence-electron chi connectivity index (χ3n) is 3.69. The van der Waals surface area contributed by atoms with Gasteiger partial charge >= 0.3 is 0 Å². The Hall–Kier alpha value is -2.30. The normalized spacial score (nSPS) is 16.1. The fraction of sp³-hybridized carbons (Fsp3) is 0.333. The molecule has 102 valence electrons. The van der Waals surface area contributed by atoms with E-state index < -0.39 is 0 Å². The molecule has 3 rings (SSSR count). The number of carbonyl (C=O) groups is 1. The largest absolute Gasteiger partial charge is 0.339 e. The molecular formula is C15H16N4O. The number of piperidine rings is 1. The van der Waals surface area contributed by atoms with Crippen molar-refractivity contribution in [3.63, 3.8) is 0 Å². The molecule has 5 nitrogen and oxygen atoms in total. The van der Waals surface area contributed by atoms with Gasteiger partial charge < -0.3 is 4.90 Å². The van der Waals surface area contributed by atoms with E-state index >= 15 is 0 Å². The molecule has 2 aromatic heterocycles. The van der Waals surface area contributed by atoms with E-state index in [1.165, 1.54) is 0 Å². The van der Waals surface area contributed by atoms with Crippen molar-refractivity contribution in [1.82, 2.24) is 19.9 Å². The summed E-state index contributed by atoms with van der Waals surface area (Å²) in [6.07, 6.45) is 10.4. The quantitative estimate of drug-likeness (QED) is 0.834. The van der Waals surface area contributed by atoms with Crippen molar-refractivity contribution in [2.45, 2.75) is 18.8 Å².